The molecular formula is C29H38ClN3O3. The maximum atomic E-state index is 13.6. The largest absolute Gasteiger partial charge is 0.490 e. The van der Waals surface area contributed by atoms with Gasteiger partial charge in [-0.1, -0.05) is 35.9 Å². The van der Waals surface area contributed by atoms with Gasteiger partial charge in [-0.2, -0.15) is 0 Å². The first kappa shape index (κ1) is 26.5. The van der Waals surface area contributed by atoms with Gasteiger partial charge in [0, 0.05) is 56.3 Å². The summed E-state index contributed by atoms with van der Waals surface area (Å²) >= 11 is 6.43. The summed E-state index contributed by atoms with van der Waals surface area (Å²) in [6.45, 7) is 8.48. The monoisotopic (exact) mass is 511 g/mol. The molecule has 2 saturated heterocycles. The summed E-state index contributed by atoms with van der Waals surface area (Å²) in [6.07, 6.45) is 4.61. The van der Waals surface area contributed by atoms with Gasteiger partial charge in [0.05, 0.1) is 0 Å². The number of ether oxygens (including phenoxy) is 1. The molecule has 0 aromatic heterocycles. The van der Waals surface area contributed by atoms with E-state index in [1.54, 1.807) is 6.92 Å². The highest BCUT2D eigenvalue weighted by molar-refractivity contribution is 6.31. The number of likely N-dealkylation sites (tertiary alicyclic amines) is 2. The molecule has 4 rings (SSSR count). The number of hydrogen-bond donors (Lipinski definition) is 0. The fourth-order valence-corrected chi connectivity index (χ4v) is 5.35. The minimum absolute atomic E-state index is 0.0634. The molecule has 0 aliphatic carbocycles. The van der Waals surface area contributed by atoms with Gasteiger partial charge < -0.3 is 19.4 Å². The van der Waals surface area contributed by atoms with E-state index in [0.717, 1.165) is 55.9 Å². The number of benzene rings is 2. The Kier molecular flexibility index (Phi) is 9.27. The average molecular weight is 512 g/mol. The third-order valence-corrected chi connectivity index (χ3v) is 7.87. The van der Waals surface area contributed by atoms with Crippen LogP contribution in [0.2, 0.25) is 5.02 Å². The number of carbonyl (C=O) groups is 2. The molecule has 36 heavy (non-hydrogen) atoms. The molecule has 0 atom stereocenters. The van der Waals surface area contributed by atoms with Crippen LogP contribution >= 0.6 is 11.6 Å². The average Bonchev–Trinajstić information content (AvgIpc) is 2.89. The third-order valence-electron chi connectivity index (χ3n) is 7.46. The first-order valence-electron chi connectivity index (χ1n) is 13.2. The molecule has 0 N–H and O–H groups in total. The molecule has 2 aromatic carbocycles. The fraction of sp³-hybridized carbons (Fsp3) is 0.517. The number of para-hydroxylation sites is 1. The highest BCUT2D eigenvalue weighted by Gasteiger charge is 2.30. The number of carbonyl (C=O) groups excluding carboxylic acids is 2. The summed E-state index contributed by atoms with van der Waals surface area (Å²) < 4.78 is 6.13. The highest BCUT2D eigenvalue weighted by Crippen LogP contribution is 2.28. The Morgan fingerprint density at radius 1 is 1.00 bits per heavy atom. The van der Waals surface area contributed by atoms with Crippen molar-refractivity contribution in [1.29, 1.82) is 0 Å². The number of nitrogens with zero attached hydrogens (tertiary/aromatic N) is 3. The van der Waals surface area contributed by atoms with Crippen LogP contribution in [0.25, 0.3) is 0 Å². The van der Waals surface area contributed by atoms with E-state index in [0.29, 0.717) is 37.5 Å². The van der Waals surface area contributed by atoms with E-state index in [4.69, 9.17) is 16.3 Å². The molecule has 0 unspecified atom stereocenters. The van der Waals surface area contributed by atoms with Gasteiger partial charge in [0.2, 0.25) is 11.8 Å². The topological polar surface area (TPSA) is 53.1 Å². The van der Waals surface area contributed by atoms with Crippen LogP contribution in [0.1, 0.15) is 44.6 Å². The van der Waals surface area contributed by atoms with Crippen LogP contribution in [0.15, 0.2) is 48.5 Å². The molecule has 194 valence electrons. The van der Waals surface area contributed by atoms with E-state index in [-0.39, 0.29) is 23.8 Å². The second-order valence-corrected chi connectivity index (χ2v) is 10.4. The number of halogens is 1. The molecule has 2 aromatic rings. The third kappa shape index (κ3) is 7.01. The zero-order valence-electron chi connectivity index (χ0n) is 21.5. The lowest BCUT2D eigenvalue weighted by molar-refractivity contribution is -0.133. The zero-order chi connectivity index (χ0) is 25.5. The number of anilines is 1. The van der Waals surface area contributed by atoms with Crippen molar-refractivity contribution in [2.75, 3.05) is 44.2 Å². The van der Waals surface area contributed by atoms with Crippen LogP contribution < -0.4 is 9.64 Å². The van der Waals surface area contributed by atoms with Crippen molar-refractivity contribution >= 4 is 29.1 Å². The van der Waals surface area contributed by atoms with Crippen molar-refractivity contribution in [3.05, 3.63) is 59.1 Å². The second kappa shape index (κ2) is 12.6. The van der Waals surface area contributed by atoms with Crippen molar-refractivity contribution in [3.63, 3.8) is 0 Å². The molecule has 2 heterocycles. The summed E-state index contributed by atoms with van der Waals surface area (Å²) in [4.78, 5) is 31.6. The predicted molar refractivity (Wildman–Crippen MR) is 145 cm³/mol. The predicted octanol–water partition coefficient (Wildman–Crippen LogP) is 5.17. The number of hydrogen-bond acceptors (Lipinski definition) is 4. The molecule has 0 radical (unpaired) electrons. The molecule has 0 bridgehead atoms. The van der Waals surface area contributed by atoms with Crippen molar-refractivity contribution in [2.24, 2.45) is 5.92 Å². The summed E-state index contributed by atoms with van der Waals surface area (Å²) in [6, 6.07) is 15.9. The smallest absolute Gasteiger partial charge is 0.230 e. The van der Waals surface area contributed by atoms with Crippen molar-refractivity contribution < 1.29 is 14.3 Å². The maximum absolute atomic E-state index is 13.6. The van der Waals surface area contributed by atoms with Crippen LogP contribution in [0, 0.1) is 12.8 Å². The van der Waals surface area contributed by atoms with Crippen LogP contribution in [0.5, 0.6) is 5.75 Å². The van der Waals surface area contributed by atoms with E-state index in [9.17, 15) is 9.59 Å². The molecule has 0 saturated carbocycles. The van der Waals surface area contributed by atoms with Crippen molar-refractivity contribution in [3.8, 4) is 5.75 Å². The Morgan fingerprint density at radius 2 is 1.69 bits per heavy atom. The Hall–Kier alpha value is -2.57. The van der Waals surface area contributed by atoms with Crippen LogP contribution in [0.3, 0.4) is 0 Å². The van der Waals surface area contributed by atoms with Crippen LogP contribution in [-0.4, -0.2) is 67.0 Å². The summed E-state index contributed by atoms with van der Waals surface area (Å²) in [5, 5.41) is 0.678. The minimum Gasteiger partial charge on any atom is -0.490 e. The maximum Gasteiger partial charge on any atom is 0.230 e. The van der Waals surface area contributed by atoms with E-state index in [1.165, 1.54) is 0 Å². The number of amides is 2. The van der Waals surface area contributed by atoms with Gasteiger partial charge in [0.15, 0.2) is 0 Å². The normalized spacial score (nSPS) is 17.7. The molecule has 2 aliphatic rings. The zero-order valence-corrected chi connectivity index (χ0v) is 22.3. The molecule has 2 fully saturated rings. The number of piperidine rings is 2. The lowest BCUT2D eigenvalue weighted by atomic mass is 9.94. The minimum atomic E-state index is -0.0634. The van der Waals surface area contributed by atoms with E-state index in [1.807, 2.05) is 65.3 Å². The summed E-state index contributed by atoms with van der Waals surface area (Å²) in [5.41, 5.74) is 1.86. The van der Waals surface area contributed by atoms with Crippen molar-refractivity contribution in [2.45, 2.75) is 52.1 Å². The molecule has 6 nitrogen and oxygen atoms in total. The van der Waals surface area contributed by atoms with Gasteiger partial charge in [-0.3, -0.25) is 9.59 Å². The van der Waals surface area contributed by atoms with Gasteiger partial charge in [-0.25, -0.2) is 0 Å². The molecular weight excluding hydrogens is 474 g/mol. The lowest BCUT2D eigenvalue weighted by Gasteiger charge is -2.35. The first-order valence-corrected chi connectivity index (χ1v) is 13.6. The first-order chi connectivity index (χ1) is 17.4. The molecule has 0 spiro atoms. The van der Waals surface area contributed by atoms with E-state index >= 15 is 0 Å². The SMILES string of the molecule is CC(=O)N1CCC(C(=O)N(CCCN2CCC(Oc3ccccc3)CC2)c2ccc(C)c(Cl)c2)CC1. The Morgan fingerprint density at radius 3 is 2.33 bits per heavy atom. The number of rotatable bonds is 8. The Bertz CT molecular complexity index is 1020. The molecule has 2 amide bonds. The fourth-order valence-electron chi connectivity index (χ4n) is 5.17. The second-order valence-electron chi connectivity index (χ2n) is 10.0. The van der Waals surface area contributed by atoms with E-state index < -0.39 is 0 Å². The van der Waals surface area contributed by atoms with Crippen LogP contribution in [-0.2, 0) is 9.59 Å². The highest BCUT2D eigenvalue weighted by atomic mass is 35.5. The van der Waals surface area contributed by atoms with Gasteiger partial charge in [0.25, 0.3) is 0 Å². The molecule has 2 aliphatic heterocycles. The molecule has 7 heteroatoms. The quantitative estimate of drug-likeness (QED) is 0.490. The number of aryl methyl sites for hydroxylation is 1. The van der Waals surface area contributed by atoms with Gasteiger partial charge in [-0.05, 0) is 75.4 Å². The standard InChI is InChI=1S/C29H38ClN3O3/c1-22-9-10-25(21-28(22)30)33(29(35)24-11-19-32(20-12-24)23(2)34)16-6-15-31-17-13-27(14-18-31)36-26-7-4-3-5-8-26/h3-5,7-10,21,24,27H,6,11-20H2,1-2H3. The van der Waals surface area contributed by atoms with Crippen LogP contribution in [0.4, 0.5) is 5.69 Å². The Balaban J connectivity index is 1.31. The summed E-state index contributed by atoms with van der Waals surface area (Å²) in [5.74, 6) is 1.11. The van der Waals surface area contributed by atoms with Crippen molar-refractivity contribution in [1.82, 2.24) is 9.80 Å². The van der Waals surface area contributed by atoms with E-state index in [2.05, 4.69) is 4.90 Å². The van der Waals surface area contributed by atoms with Gasteiger partial charge in [0.1, 0.15) is 11.9 Å². The Labute approximate surface area is 220 Å². The van der Waals surface area contributed by atoms with Gasteiger partial charge >= 0.3 is 0 Å². The lowest BCUT2D eigenvalue weighted by Crippen LogP contribution is -2.45. The summed E-state index contributed by atoms with van der Waals surface area (Å²) in [7, 11) is 0. The van der Waals surface area contributed by atoms with Gasteiger partial charge in [-0.15, -0.1) is 0 Å².